The van der Waals surface area contributed by atoms with E-state index in [2.05, 4.69) is 27.1 Å². The van der Waals surface area contributed by atoms with Gasteiger partial charge in [0.25, 0.3) is 5.91 Å². The number of anilines is 1. The van der Waals surface area contributed by atoms with Crippen LogP contribution in [-0.2, 0) is 6.42 Å². The summed E-state index contributed by atoms with van der Waals surface area (Å²) in [6.45, 7) is 7.86. The second kappa shape index (κ2) is 7.64. The Morgan fingerprint density at radius 1 is 1.20 bits per heavy atom. The lowest BCUT2D eigenvalue weighted by molar-refractivity contribution is 0.0930. The van der Waals surface area contributed by atoms with E-state index in [9.17, 15) is 4.79 Å². The number of nitrogens with one attached hydrogen (secondary N) is 1. The molecule has 1 N–H and O–H groups in total. The van der Waals surface area contributed by atoms with E-state index in [4.69, 9.17) is 0 Å². The number of aryl methyl sites for hydroxylation is 3. The SMILES string of the molecule is CCc1nc(C)cc(N2CCC(NC(=O)c3ccccc3C)CC2)n1. The van der Waals surface area contributed by atoms with E-state index in [1.165, 1.54) is 0 Å². The van der Waals surface area contributed by atoms with Gasteiger partial charge in [-0.25, -0.2) is 9.97 Å². The second-order valence-electron chi connectivity index (χ2n) is 6.69. The van der Waals surface area contributed by atoms with E-state index in [1.807, 2.05) is 44.2 Å². The summed E-state index contributed by atoms with van der Waals surface area (Å²) in [6, 6.07) is 9.99. The normalized spacial score (nSPS) is 15.2. The van der Waals surface area contributed by atoms with Gasteiger partial charge in [-0.15, -0.1) is 0 Å². The molecule has 0 bridgehead atoms. The maximum atomic E-state index is 12.5. The summed E-state index contributed by atoms with van der Waals surface area (Å²) in [5.74, 6) is 1.93. The predicted octanol–water partition coefficient (Wildman–Crippen LogP) is 3.05. The van der Waals surface area contributed by atoms with E-state index in [1.54, 1.807) is 0 Å². The Morgan fingerprint density at radius 3 is 2.60 bits per heavy atom. The van der Waals surface area contributed by atoms with Crippen LogP contribution in [0.4, 0.5) is 5.82 Å². The van der Waals surface area contributed by atoms with Gasteiger partial charge in [0, 0.05) is 42.9 Å². The molecule has 5 nitrogen and oxygen atoms in total. The van der Waals surface area contributed by atoms with Gasteiger partial charge >= 0.3 is 0 Å². The average molecular weight is 338 g/mol. The zero-order chi connectivity index (χ0) is 17.8. The van der Waals surface area contributed by atoms with Crippen molar-refractivity contribution in [1.29, 1.82) is 0 Å². The first kappa shape index (κ1) is 17.4. The third kappa shape index (κ3) is 4.16. The number of nitrogens with zero attached hydrogens (tertiary/aromatic N) is 3. The molecule has 0 spiro atoms. The van der Waals surface area contributed by atoms with Crippen molar-refractivity contribution in [3.8, 4) is 0 Å². The fraction of sp³-hybridized carbons (Fsp3) is 0.450. The molecule has 2 heterocycles. The minimum absolute atomic E-state index is 0.0303. The number of carbonyl (C=O) groups is 1. The molecule has 1 aliphatic rings. The molecule has 0 unspecified atom stereocenters. The number of amides is 1. The van der Waals surface area contributed by atoms with Crippen molar-refractivity contribution < 1.29 is 4.79 Å². The number of rotatable bonds is 4. The molecule has 0 atom stereocenters. The summed E-state index contributed by atoms with van der Waals surface area (Å²) in [4.78, 5) is 23.9. The van der Waals surface area contributed by atoms with Crippen LogP contribution in [0.3, 0.4) is 0 Å². The van der Waals surface area contributed by atoms with Gasteiger partial charge in [0.1, 0.15) is 11.6 Å². The number of carbonyl (C=O) groups excluding carboxylic acids is 1. The Hall–Kier alpha value is -2.43. The van der Waals surface area contributed by atoms with Crippen molar-refractivity contribution in [2.45, 2.75) is 46.1 Å². The van der Waals surface area contributed by atoms with Crippen LogP contribution in [0, 0.1) is 13.8 Å². The molecule has 0 aliphatic carbocycles. The molecule has 1 aliphatic heterocycles. The maximum Gasteiger partial charge on any atom is 0.251 e. The highest BCUT2D eigenvalue weighted by atomic mass is 16.1. The Kier molecular flexibility index (Phi) is 5.31. The molecule has 1 aromatic carbocycles. The van der Waals surface area contributed by atoms with Gasteiger partial charge in [0.05, 0.1) is 0 Å². The molecule has 0 saturated carbocycles. The number of hydrogen-bond acceptors (Lipinski definition) is 4. The first-order valence-corrected chi connectivity index (χ1v) is 9.03. The highest BCUT2D eigenvalue weighted by Crippen LogP contribution is 2.19. The van der Waals surface area contributed by atoms with Crippen molar-refractivity contribution in [3.05, 3.63) is 53.0 Å². The third-order valence-corrected chi connectivity index (χ3v) is 4.75. The molecular weight excluding hydrogens is 312 g/mol. The number of hydrogen-bond donors (Lipinski definition) is 1. The summed E-state index contributed by atoms with van der Waals surface area (Å²) >= 11 is 0. The third-order valence-electron chi connectivity index (χ3n) is 4.75. The standard InChI is InChI=1S/C20H26N4O/c1-4-18-21-15(3)13-19(23-18)24-11-9-16(10-12-24)22-20(25)17-8-6-5-7-14(17)2/h5-8,13,16H,4,9-12H2,1-3H3,(H,22,25). The lowest BCUT2D eigenvalue weighted by Gasteiger charge is -2.33. The van der Waals surface area contributed by atoms with Crippen molar-refractivity contribution >= 4 is 11.7 Å². The molecule has 1 saturated heterocycles. The molecule has 1 fully saturated rings. The first-order chi connectivity index (χ1) is 12.1. The Labute approximate surface area is 149 Å². The molecule has 3 rings (SSSR count). The molecule has 132 valence electrons. The van der Waals surface area contributed by atoms with Crippen molar-refractivity contribution in [1.82, 2.24) is 15.3 Å². The van der Waals surface area contributed by atoms with Crippen LogP contribution in [0.1, 0.15) is 47.2 Å². The lowest BCUT2D eigenvalue weighted by Crippen LogP contribution is -2.45. The van der Waals surface area contributed by atoms with Gasteiger partial charge in [-0.05, 0) is 38.3 Å². The zero-order valence-electron chi connectivity index (χ0n) is 15.2. The predicted molar refractivity (Wildman–Crippen MR) is 100 cm³/mol. The topological polar surface area (TPSA) is 58.1 Å². The number of benzene rings is 1. The minimum atomic E-state index is 0.0303. The summed E-state index contributed by atoms with van der Waals surface area (Å²) in [6.07, 6.45) is 2.71. The fourth-order valence-electron chi connectivity index (χ4n) is 3.28. The minimum Gasteiger partial charge on any atom is -0.356 e. The van der Waals surface area contributed by atoms with Gasteiger partial charge in [0.15, 0.2) is 0 Å². The smallest absolute Gasteiger partial charge is 0.251 e. The van der Waals surface area contributed by atoms with Crippen LogP contribution in [0.25, 0.3) is 0 Å². The highest BCUT2D eigenvalue weighted by molar-refractivity contribution is 5.95. The Balaban J connectivity index is 1.60. The molecule has 0 radical (unpaired) electrons. The molecule has 1 aromatic heterocycles. The Morgan fingerprint density at radius 2 is 1.92 bits per heavy atom. The van der Waals surface area contributed by atoms with E-state index >= 15 is 0 Å². The summed E-state index contributed by atoms with van der Waals surface area (Å²) in [7, 11) is 0. The van der Waals surface area contributed by atoms with Crippen molar-refractivity contribution in [2.75, 3.05) is 18.0 Å². The van der Waals surface area contributed by atoms with Gasteiger partial charge in [-0.3, -0.25) is 4.79 Å². The van der Waals surface area contributed by atoms with E-state index in [0.29, 0.717) is 0 Å². The van der Waals surface area contributed by atoms with Crippen LogP contribution in [0.2, 0.25) is 0 Å². The lowest BCUT2D eigenvalue weighted by atomic mass is 10.0. The summed E-state index contributed by atoms with van der Waals surface area (Å²) in [5.41, 5.74) is 2.79. The summed E-state index contributed by atoms with van der Waals surface area (Å²) in [5, 5.41) is 3.18. The average Bonchev–Trinajstić information content (AvgIpc) is 2.62. The maximum absolute atomic E-state index is 12.5. The van der Waals surface area contributed by atoms with Crippen LogP contribution >= 0.6 is 0 Å². The monoisotopic (exact) mass is 338 g/mol. The number of piperidine rings is 1. The fourth-order valence-corrected chi connectivity index (χ4v) is 3.28. The van der Waals surface area contributed by atoms with Crippen molar-refractivity contribution in [3.63, 3.8) is 0 Å². The molecular formula is C20H26N4O. The summed E-state index contributed by atoms with van der Waals surface area (Å²) < 4.78 is 0. The van der Waals surface area contributed by atoms with Crippen LogP contribution < -0.4 is 10.2 Å². The molecule has 2 aromatic rings. The van der Waals surface area contributed by atoms with E-state index in [0.717, 1.165) is 60.8 Å². The molecule has 5 heteroatoms. The first-order valence-electron chi connectivity index (χ1n) is 9.03. The second-order valence-corrected chi connectivity index (χ2v) is 6.69. The van der Waals surface area contributed by atoms with Gasteiger partial charge in [0.2, 0.25) is 0 Å². The van der Waals surface area contributed by atoms with Crippen LogP contribution in [-0.4, -0.2) is 35.0 Å². The quantitative estimate of drug-likeness (QED) is 0.931. The van der Waals surface area contributed by atoms with Gasteiger partial charge in [-0.1, -0.05) is 25.1 Å². The number of aromatic nitrogens is 2. The van der Waals surface area contributed by atoms with E-state index in [-0.39, 0.29) is 11.9 Å². The highest BCUT2D eigenvalue weighted by Gasteiger charge is 2.22. The molecule has 1 amide bonds. The van der Waals surface area contributed by atoms with Crippen molar-refractivity contribution in [2.24, 2.45) is 0 Å². The van der Waals surface area contributed by atoms with Gasteiger partial charge < -0.3 is 10.2 Å². The molecule has 25 heavy (non-hydrogen) atoms. The largest absolute Gasteiger partial charge is 0.356 e. The van der Waals surface area contributed by atoms with Crippen LogP contribution in [0.15, 0.2) is 30.3 Å². The zero-order valence-corrected chi connectivity index (χ0v) is 15.2. The Bertz CT molecular complexity index is 751. The van der Waals surface area contributed by atoms with Crippen LogP contribution in [0.5, 0.6) is 0 Å². The van der Waals surface area contributed by atoms with E-state index < -0.39 is 0 Å². The van der Waals surface area contributed by atoms with Gasteiger partial charge in [-0.2, -0.15) is 0 Å².